The second kappa shape index (κ2) is 4.42. The van der Waals surface area contributed by atoms with Crippen LogP contribution in [0, 0.1) is 11.3 Å². The van der Waals surface area contributed by atoms with Gasteiger partial charge in [-0.3, -0.25) is 0 Å². The number of hydrogen-bond donors (Lipinski definition) is 0. The summed E-state index contributed by atoms with van der Waals surface area (Å²) in [4.78, 5) is 0. The van der Waals surface area contributed by atoms with Gasteiger partial charge in [-0.1, -0.05) is 27.5 Å². The zero-order chi connectivity index (χ0) is 11.6. The predicted molar refractivity (Wildman–Crippen MR) is 64.3 cm³/mol. The topological polar surface area (TPSA) is 33.0 Å². The van der Waals surface area contributed by atoms with Gasteiger partial charge in [0, 0.05) is 4.47 Å². The molecule has 1 aromatic rings. The molecule has 0 saturated heterocycles. The summed E-state index contributed by atoms with van der Waals surface area (Å²) in [5.41, 5.74) is 0.294. The van der Waals surface area contributed by atoms with Crippen LogP contribution in [0.3, 0.4) is 0 Å². The van der Waals surface area contributed by atoms with E-state index in [-0.39, 0.29) is 0 Å². The summed E-state index contributed by atoms with van der Waals surface area (Å²) in [5.74, 6) is 0.582. The Bertz CT molecular complexity index is 423. The molecule has 0 amide bonds. The van der Waals surface area contributed by atoms with Crippen LogP contribution in [-0.4, -0.2) is 7.11 Å². The average Bonchev–Trinajstić information content (AvgIpc) is 2.17. The van der Waals surface area contributed by atoms with E-state index >= 15 is 0 Å². The van der Waals surface area contributed by atoms with Crippen molar-refractivity contribution in [1.82, 2.24) is 0 Å². The molecule has 4 heteroatoms. The van der Waals surface area contributed by atoms with Gasteiger partial charge in [0.15, 0.2) is 0 Å². The first-order chi connectivity index (χ1) is 6.92. The van der Waals surface area contributed by atoms with Crippen LogP contribution in [0.25, 0.3) is 0 Å². The van der Waals surface area contributed by atoms with Crippen molar-refractivity contribution < 1.29 is 4.74 Å². The Balaban J connectivity index is 3.38. The van der Waals surface area contributed by atoms with Gasteiger partial charge >= 0.3 is 0 Å². The molecule has 0 atom stereocenters. The lowest BCUT2D eigenvalue weighted by Crippen LogP contribution is -2.14. The van der Waals surface area contributed by atoms with E-state index in [0.29, 0.717) is 10.8 Å². The van der Waals surface area contributed by atoms with Crippen LogP contribution >= 0.6 is 27.5 Å². The number of ether oxygens (including phenoxy) is 1. The molecule has 15 heavy (non-hydrogen) atoms. The summed E-state index contributed by atoms with van der Waals surface area (Å²) >= 11 is 9.35. The van der Waals surface area contributed by atoms with Crippen molar-refractivity contribution in [2.45, 2.75) is 19.3 Å². The Morgan fingerprint density at radius 2 is 2.07 bits per heavy atom. The maximum absolute atomic E-state index is 9.06. The van der Waals surface area contributed by atoms with Crippen LogP contribution in [-0.2, 0) is 5.41 Å². The van der Waals surface area contributed by atoms with Gasteiger partial charge in [0.05, 0.1) is 23.6 Å². The highest BCUT2D eigenvalue weighted by atomic mass is 79.9. The van der Waals surface area contributed by atoms with E-state index in [1.165, 1.54) is 0 Å². The monoisotopic (exact) mass is 287 g/mol. The lowest BCUT2D eigenvalue weighted by atomic mass is 9.86. The standard InChI is InChI=1S/C11H11BrClNO/c1-11(2,6-14)7-4-10(15-3)9(13)5-8(7)12/h4-5H,1-3H3. The first-order valence-corrected chi connectivity index (χ1v) is 5.54. The highest BCUT2D eigenvalue weighted by molar-refractivity contribution is 9.10. The molecule has 0 N–H and O–H groups in total. The molecular formula is C11H11BrClNO. The van der Waals surface area contributed by atoms with E-state index in [9.17, 15) is 0 Å². The van der Waals surface area contributed by atoms with Crippen LogP contribution < -0.4 is 4.74 Å². The summed E-state index contributed by atoms with van der Waals surface area (Å²) in [6.07, 6.45) is 0. The molecule has 0 bridgehead atoms. The highest BCUT2D eigenvalue weighted by Crippen LogP contribution is 2.37. The Morgan fingerprint density at radius 1 is 1.47 bits per heavy atom. The Labute approximate surface area is 103 Å². The minimum atomic E-state index is -0.573. The number of benzene rings is 1. The number of hydrogen-bond acceptors (Lipinski definition) is 2. The number of nitriles is 1. The van der Waals surface area contributed by atoms with E-state index in [2.05, 4.69) is 22.0 Å². The van der Waals surface area contributed by atoms with Crippen molar-refractivity contribution in [3.05, 3.63) is 27.2 Å². The number of halogens is 2. The SMILES string of the molecule is COc1cc(C(C)(C)C#N)c(Br)cc1Cl. The predicted octanol–water partition coefficient (Wildman–Crippen LogP) is 3.91. The summed E-state index contributed by atoms with van der Waals surface area (Å²) in [5, 5.41) is 9.59. The third kappa shape index (κ3) is 2.45. The van der Waals surface area contributed by atoms with Crippen molar-refractivity contribution in [3.8, 4) is 11.8 Å². The Hall–Kier alpha value is -0.720. The van der Waals surface area contributed by atoms with E-state index in [1.54, 1.807) is 19.2 Å². The molecule has 1 rings (SSSR count). The molecule has 80 valence electrons. The molecule has 0 radical (unpaired) electrons. The normalized spacial score (nSPS) is 10.9. The summed E-state index contributed by atoms with van der Waals surface area (Å²) in [7, 11) is 1.55. The zero-order valence-electron chi connectivity index (χ0n) is 8.77. The zero-order valence-corrected chi connectivity index (χ0v) is 11.1. The molecule has 0 fully saturated rings. The number of rotatable bonds is 2. The molecule has 0 aliphatic rings. The molecule has 1 aromatic carbocycles. The van der Waals surface area contributed by atoms with E-state index < -0.39 is 5.41 Å². The summed E-state index contributed by atoms with van der Waals surface area (Å²) in [6, 6.07) is 5.77. The first-order valence-electron chi connectivity index (χ1n) is 4.37. The molecule has 2 nitrogen and oxygen atoms in total. The molecule has 0 aromatic heterocycles. The summed E-state index contributed by atoms with van der Waals surface area (Å²) < 4.78 is 5.94. The fourth-order valence-electron chi connectivity index (χ4n) is 1.22. The van der Waals surface area contributed by atoms with Crippen LogP contribution in [0.2, 0.25) is 5.02 Å². The number of nitrogens with zero attached hydrogens (tertiary/aromatic N) is 1. The first kappa shape index (κ1) is 12.4. The van der Waals surface area contributed by atoms with Crippen molar-refractivity contribution in [2.24, 2.45) is 0 Å². The maximum Gasteiger partial charge on any atom is 0.137 e. The minimum Gasteiger partial charge on any atom is -0.495 e. The smallest absolute Gasteiger partial charge is 0.137 e. The minimum absolute atomic E-state index is 0.530. The highest BCUT2D eigenvalue weighted by Gasteiger charge is 2.24. The Morgan fingerprint density at radius 3 is 2.53 bits per heavy atom. The van der Waals surface area contributed by atoms with Crippen molar-refractivity contribution in [1.29, 1.82) is 5.26 Å². The quantitative estimate of drug-likeness (QED) is 0.826. The van der Waals surface area contributed by atoms with Gasteiger partial charge in [0.25, 0.3) is 0 Å². The molecule has 0 unspecified atom stereocenters. The average molecular weight is 289 g/mol. The van der Waals surface area contributed by atoms with Crippen molar-refractivity contribution >= 4 is 27.5 Å². The molecular weight excluding hydrogens is 277 g/mol. The van der Waals surface area contributed by atoms with Crippen LogP contribution in [0.1, 0.15) is 19.4 Å². The fraction of sp³-hybridized carbons (Fsp3) is 0.364. The van der Waals surface area contributed by atoms with E-state index in [4.69, 9.17) is 21.6 Å². The third-order valence-electron chi connectivity index (χ3n) is 2.19. The van der Waals surface area contributed by atoms with Gasteiger partial charge in [-0.25, -0.2) is 0 Å². The van der Waals surface area contributed by atoms with Gasteiger partial charge < -0.3 is 4.74 Å². The van der Waals surface area contributed by atoms with Gasteiger partial charge in [-0.15, -0.1) is 0 Å². The summed E-state index contributed by atoms with van der Waals surface area (Å²) in [6.45, 7) is 3.70. The molecule has 0 heterocycles. The third-order valence-corrected chi connectivity index (χ3v) is 3.15. The molecule has 0 aliphatic carbocycles. The Kier molecular flexibility index (Phi) is 3.64. The number of methoxy groups -OCH3 is 1. The second-order valence-corrected chi connectivity index (χ2v) is 4.96. The molecule has 0 aliphatic heterocycles. The van der Waals surface area contributed by atoms with Crippen LogP contribution in [0.5, 0.6) is 5.75 Å². The lowest BCUT2D eigenvalue weighted by Gasteiger charge is -2.19. The van der Waals surface area contributed by atoms with Gasteiger partial charge in [0.2, 0.25) is 0 Å². The van der Waals surface area contributed by atoms with E-state index in [1.807, 2.05) is 13.8 Å². The molecule has 0 saturated carbocycles. The molecule has 0 spiro atoms. The van der Waals surface area contributed by atoms with Crippen molar-refractivity contribution in [3.63, 3.8) is 0 Å². The van der Waals surface area contributed by atoms with Gasteiger partial charge in [-0.2, -0.15) is 5.26 Å². The van der Waals surface area contributed by atoms with Crippen molar-refractivity contribution in [2.75, 3.05) is 7.11 Å². The second-order valence-electron chi connectivity index (χ2n) is 3.70. The van der Waals surface area contributed by atoms with E-state index in [0.717, 1.165) is 10.0 Å². The van der Waals surface area contributed by atoms with Gasteiger partial charge in [-0.05, 0) is 31.5 Å². The largest absolute Gasteiger partial charge is 0.495 e. The van der Waals surface area contributed by atoms with Gasteiger partial charge in [0.1, 0.15) is 5.75 Å². The van der Waals surface area contributed by atoms with Crippen LogP contribution in [0.15, 0.2) is 16.6 Å². The lowest BCUT2D eigenvalue weighted by molar-refractivity contribution is 0.413. The fourth-order valence-corrected chi connectivity index (χ4v) is 2.44. The maximum atomic E-state index is 9.06. The van der Waals surface area contributed by atoms with Crippen LogP contribution in [0.4, 0.5) is 0 Å².